The Hall–Kier alpha value is 0.314. The van der Waals surface area contributed by atoms with Crippen LogP contribution in [0.4, 0.5) is 0 Å². The molecular formula is C14H36N6O4Ti+3. The van der Waals surface area contributed by atoms with E-state index in [4.69, 9.17) is 31.4 Å². The Morgan fingerprint density at radius 1 is 0.640 bits per heavy atom. The normalized spacial score (nSPS) is 11.5. The maximum Gasteiger partial charge on any atom is 3.00 e. The molecule has 0 unspecified atom stereocenters. The quantitative estimate of drug-likeness (QED) is 0.0653. The largest absolute Gasteiger partial charge is 3.00 e. The Kier molecular flexibility index (Phi) is 22.7. The first-order valence-electron chi connectivity index (χ1n) is 8.49. The minimum Gasteiger partial charge on any atom is -0.388 e. The van der Waals surface area contributed by atoms with Crippen molar-refractivity contribution in [3.05, 3.63) is 0 Å². The standard InChI is InChI=1S/C14H36N6O4.Ti/c15-1-4-18-7-10-22-14(13-21,23-11-8-19-5-2-16)24-12-9-20-6-3-17;/h18-21H,1-13,15-17H2;/q;+3. The average Bonchev–Trinajstić information content (AvgIpc) is 2.60. The molecule has 0 amide bonds. The van der Waals surface area contributed by atoms with Crippen LogP contribution in [0.15, 0.2) is 0 Å². The van der Waals surface area contributed by atoms with E-state index in [1.165, 1.54) is 0 Å². The fourth-order valence-electron chi connectivity index (χ4n) is 1.78. The monoisotopic (exact) mass is 400 g/mol. The Morgan fingerprint density at radius 3 is 1.20 bits per heavy atom. The molecule has 10 N–H and O–H groups in total. The molecule has 0 rings (SSSR count). The van der Waals surface area contributed by atoms with Gasteiger partial charge in [0.2, 0.25) is 0 Å². The molecule has 0 spiro atoms. The molecule has 0 aromatic carbocycles. The molecule has 0 heterocycles. The fraction of sp³-hybridized carbons (Fsp3) is 1.00. The number of nitrogens with one attached hydrogen (secondary N) is 3. The van der Waals surface area contributed by atoms with Crippen LogP contribution in [0.2, 0.25) is 0 Å². The van der Waals surface area contributed by atoms with E-state index in [0.717, 1.165) is 0 Å². The first-order valence-corrected chi connectivity index (χ1v) is 8.49. The second-order valence-corrected chi connectivity index (χ2v) is 5.00. The molecule has 0 bridgehead atoms. The summed E-state index contributed by atoms with van der Waals surface area (Å²) in [4.78, 5) is 0. The summed E-state index contributed by atoms with van der Waals surface area (Å²) in [5, 5.41) is 19.0. The average molecular weight is 400 g/mol. The molecule has 0 aromatic heterocycles. The van der Waals surface area contributed by atoms with E-state index in [1.807, 2.05) is 0 Å². The minimum absolute atomic E-state index is 0. The molecule has 0 aliphatic carbocycles. The number of aliphatic hydroxyl groups is 1. The van der Waals surface area contributed by atoms with Crippen molar-refractivity contribution in [2.45, 2.75) is 5.97 Å². The van der Waals surface area contributed by atoms with Gasteiger partial charge in [0.05, 0.1) is 19.8 Å². The molecule has 0 fully saturated rings. The molecule has 0 aliphatic heterocycles. The summed E-state index contributed by atoms with van der Waals surface area (Å²) in [7, 11) is 0. The number of aliphatic hydroxyl groups excluding tert-OH is 1. The van der Waals surface area contributed by atoms with Gasteiger partial charge in [-0.3, -0.25) is 0 Å². The van der Waals surface area contributed by atoms with E-state index in [-0.39, 0.29) is 21.7 Å². The Balaban J connectivity index is 0. The molecule has 147 valence electrons. The molecule has 0 saturated carbocycles. The zero-order chi connectivity index (χ0) is 17.9. The molecule has 1 radical (unpaired) electrons. The van der Waals surface area contributed by atoms with Gasteiger partial charge in [-0.15, -0.1) is 0 Å². The van der Waals surface area contributed by atoms with Gasteiger partial charge >= 0.3 is 27.7 Å². The van der Waals surface area contributed by atoms with Crippen molar-refractivity contribution >= 4 is 0 Å². The van der Waals surface area contributed by atoms with Gasteiger partial charge in [-0.1, -0.05) is 0 Å². The third-order valence-electron chi connectivity index (χ3n) is 2.96. The van der Waals surface area contributed by atoms with Gasteiger partial charge in [0, 0.05) is 58.9 Å². The smallest absolute Gasteiger partial charge is 0.388 e. The van der Waals surface area contributed by atoms with Gasteiger partial charge < -0.3 is 52.5 Å². The fourth-order valence-corrected chi connectivity index (χ4v) is 1.78. The number of rotatable bonds is 19. The van der Waals surface area contributed by atoms with Crippen molar-refractivity contribution in [2.24, 2.45) is 17.2 Å². The number of hydrogen-bond acceptors (Lipinski definition) is 10. The van der Waals surface area contributed by atoms with Crippen molar-refractivity contribution in [3.63, 3.8) is 0 Å². The zero-order valence-electron chi connectivity index (χ0n) is 15.1. The van der Waals surface area contributed by atoms with E-state index in [1.54, 1.807) is 0 Å². The van der Waals surface area contributed by atoms with Crippen LogP contribution in [0.5, 0.6) is 0 Å². The molecule has 0 aromatic rings. The van der Waals surface area contributed by atoms with Crippen molar-refractivity contribution < 1.29 is 41.0 Å². The van der Waals surface area contributed by atoms with Crippen LogP contribution in [0.3, 0.4) is 0 Å². The summed E-state index contributed by atoms with van der Waals surface area (Å²) in [5.41, 5.74) is 16.2. The van der Waals surface area contributed by atoms with Gasteiger partial charge in [0.25, 0.3) is 0 Å². The number of hydrogen-bond donors (Lipinski definition) is 7. The maximum atomic E-state index is 9.69. The minimum atomic E-state index is -1.47. The maximum absolute atomic E-state index is 9.69. The van der Waals surface area contributed by atoms with Crippen LogP contribution in [-0.2, 0) is 35.9 Å². The molecule has 25 heavy (non-hydrogen) atoms. The Morgan fingerprint density at radius 2 is 0.960 bits per heavy atom. The van der Waals surface area contributed by atoms with Crippen LogP contribution in [-0.4, -0.2) is 96.4 Å². The molecule has 11 heteroatoms. The van der Waals surface area contributed by atoms with Crippen molar-refractivity contribution in [1.29, 1.82) is 0 Å². The van der Waals surface area contributed by atoms with Gasteiger partial charge in [-0.25, -0.2) is 0 Å². The Labute approximate surface area is 165 Å². The summed E-state index contributed by atoms with van der Waals surface area (Å²) in [6, 6.07) is 0. The van der Waals surface area contributed by atoms with Crippen molar-refractivity contribution in [3.8, 4) is 0 Å². The molecule has 0 saturated heterocycles. The van der Waals surface area contributed by atoms with Gasteiger partial charge in [-0.05, 0) is 0 Å². The van der Waals surface area contributed by atoms with E-state index in [9.17, 15) is 5.11 Å². The molecule has 0 aliphatic rings. The predicted molar refractivity (Wildman–Crippen MR) is 93.4 cm³/mol. The van der Waals surface area contributed by atoms with E-state index in [0.29, 0.717) is 78.7 Å². The van der Waals surface area contributed by atoms with Crippen LogP contribution < -0.4 is 33.2 Å². The van der Waals surface area contributed by atoms with Crippen LogP contribution in [0, 0.1) is 0 Å². The molecular weight excluding hydrogens is 364 g/mol. The summed E-state index contributed by atoms with van der Waals surface area (Å²) < 4.78 is 16.9. The number of nitrogens with two attached hydrogens (primary N) is 3. The van der Waals surface area contributed by atoms with Crippen LogP contribution in [0.1, 0.15) is 0 Å². The van der Waals surface area contributed by atoms with E-state index < -0.39 is 12.6 Å². The zero-order valence-corrected chi connectivity index (χ0v) is 16.7. The summed E-state index contributed by atoms with van der Waals surface area (Å²) in [6.45, 7) is 6.08. The topological polar surface area (TPSA) is 162 Å². The SMILES string of the molecule is NCCNCCOC(CO)(OCCNCCN)OCCNCCN.[Ti+3]. The van der Waals surface area contributed by atoms with Gasteiger partial charge in [-0.2, -0.15) is 0 Å². The second kappa shape index (κ2) is 20.6. The van der Waals surface area contributed by atoms with E-state index in [2.05, 4.69) is 16.0 Å². The third kappa shape index (κ3) is 16.2. The second-order valence-electron chi connectivity index (χ2n) is 5.00. The molecule has 10 nitrogen and oxygen atoms in total. The summed E-state index contributed by atoms with van der Waals surface area (Å²) >= 11 is 0. The Bertz CT molecular complexity index is 233. The summed E-state index contributed by atoms with van der Waals surface area (Å²) in [5.74, 6) is -1.47. The van der Waals surface area contributed by atoms with Gasteiger partial charge in [0.1, 0.15) is 6.61 Å². The van der Waals surface area contributed by atoms with Gasteiger partial charge in [0.15, 0.2) is 0 Å². The summed E-state index contributed by atoms with van der Waals surface area (Å²) in [6.07, 6.45) is 0. The van der Waals surface area contributed by atoms with Crippen molar-refractivity contribution in [2.75, 3.05) is 85.3 Å². The first-order chi connectivity index (χ1) is 11.7. The molecule has 0 atom stereocenters. The van der Waals surface area contributed by atoms with Crippen molar-refractivity contribution in [1.82, 2.24) is 16.0 Å². The third-order valence-corrected chi connectivity index (χ3v) is 2.96. The first kappa shape index (κ1) is 27.5. The van der Waals surface area contributed by atoms with Crippen LogP contribution >= 0.6 is 0 Å². The van der Waals surface area contributed by atoms with E-state index >= 15 is 0 Å². The predicted octanol–water partition coefficient (Wildman–Crippen LogP) is -3.68. The van der Waals surface area contributed by atoms with Crippen LogP contribution in [0.25, 0.3) is 0 Å². The number of ether oxygens (including phenoxy) is 3.